The van der Waals surface area contributed by atoms with Crippen LogP contribution in [0.2, 0.25) is 5.02 Å². The van der Waals surface area contributed by atoms with E-state index in [4.69, 9.17) is 11.6 Å². The molecule has 0 saturated carbocycles. The van der Waals surface area contributed by atoms with Crippen LogP contribution >= 0.6 is 11.6 Å². The van der Waals surface area contributed by atoms with Crippen LogP contribution in [0, 0.1) is 17.8 Å². The van der Waals surface area contributed by atoms with Gasteiger partial charge in [-0.25, -0.2) is 9.97 Å². The molecule has 0 aliphatic carbocycles. The van der Waals surface area contributed by atoms with Crippen molar-refractivity contribution >= 4 is 51.8 Å². The third-order valence-corrected chi connectivity index (χ3v) is 7.88. The summed E-state index contributed by atoms with van der Waals surface area (Å²) in [5, 5.41) is 4.64. The highest BCUT2D eigenvalue weighted by atomic mass is 35.5. The van der Waals surface area contributed by atoms with Crippen LogP contribution in [0.25, 0.3) is 16.6 Å². The Hall–Kier alpha value is -3.25. The first-order valence-corrected chi connectivity index (χ1v) is 15.6. The summed E-state index contributed by atoms with van der Waals surface area (Å²) >= 11 is 6.61. The molecular weight excluding hydrogens is 530 g/mol. The average molecular weight is 574 g/mol. The SMILES string of the molecule is CCCC(CCC)CCC/C=C/C(=O)c1cc2cc(Nc3nccc(C4=CCC(CC(C)C)C=N4)n3)cc(Cl)c2[nH]1. The second kappa shape index (κ2) is 15.1. The Labute approximate surface area is 249 Å². The fraction of sp³-hybridized carbons (Fsp3) is 0.471. The maximum atomic E-state index is 12.9. The number of fused-ring (bicyclic) bond motifs is 1. The van der Waals surface area contributed by atoms with Crippen LogP contribution < -0.4 is 5.32 Å². The van der Waals surface area contributed by atoms with Gasteiger partial charge in [0.15, 0.2) is 0 Å². The highest BCUT2D eigenvalue weighted by Crippen LogP contribution is 2.30. The number of rotatable bonds is 15. The van der Waals surface area contributed by atoms with Gasteiger partial charge in [0, 0.05) is 23.5 Å². The number of nitrogens with zero attached hydrogens (tertiary/aromatic N) is 3. The van der Waals surface area contributed by atoms with Crippen molar-refractivity contribution in [2.45, 2.75) is 85.5 Å². The number of carbonyl (C=O) groups is 1. The van der Waals surface area contributed by atoms with E-state index >= 15 is 0 Å². The van der Waals surface area contributed by atoms with Gasteiger partial charge in [-0.3, -0.25) is 9.79 Å². The van der Waals surface area contributed by atoms with Crippen molar-refractivity contribution in [2.24, 2.45) is 22.7 Å². The lowest BCUT2D eigenvalue weighted by molar-refractivity contribution is 0.104. The summed E-state index contributed by atoms with van der Waals surface area (Å²) in [6.07, 6.45) is 20.1. The maximum Gasteiger partial charge on any atom is 0.227 e. The normalized spacial score (nSPS) is 15.4. The van der Waals surface area contributed by atoms with Crippen LogP contribution in [-0.4, -0.2) is 26.9 Å². The molecule has 6 nitrogen and oxygen atoms in total. The van der Waals surface area contributed by atoms with Gasteiger partial charge in [0.1, 0.15) is 0 Å². The number of H-pyrrole nitrogens is 1. The molecule has 0 saturated heterocycles. The number of aliphatic imine (C=N–C) groups is 1. The van der Waals surface area contributed by atoms with Crippen LogP contribution in [0.4, 0.5) is 11.6 Å². The lowest BCUT2D eigenvalue weighted by Gasteiger charge is -2.17. The van der Waals surface area contributed by atoms with E-state index in [2.05, 4.69) is 65.2 Å². The Bertz CT molecular complexity index is 1400. The molecule has 0 bridgehead atoms. The van der Waals surface area contributed by atoms with Gasteiger partial charge in [-0.15, -0.1) is 0 Å². The smallest absolute Gasteiger partial charge is 0.227 e. The first-order chi connectivity index (χ1) is 19.9. The minimum atomic E-state index is -0.0431. The molecule has 0 spiro atoms. The van der Waals surface area contributed by atoms with Crippen molar-refractivity contribution in [3.8, 4) is 0 Å². The van der Waals surface area contributed by atoms with Gasteiger partial charge >= 0.3 is 0 Å². The summed E-state index contributed by atoms with van der Waals surface area (Å²) in [6.45, 7) is 8.99. The van der Waals surface area contributed by atoms with E-state index in [9.17, 15) is 4.79 Å². The Morgan fingerprint density at radius 1 is 1.17 bits per heavy atom. The summed E-state index contributed by atoms with van der Waals surface area (Å²) in [6, 6.07) is 7.49. The van der Waals surface area contributed by atoms with Gasteiger partial charge in [0.2, 0.25) is 11.7 Å². The van der Waals surface area contributed by atoms with Crippen molar-refractivity contribution in [3.05, 3.63) is 65.1 Å². The second-order valence-electron chi connectivity index (χ2n) is 11.6. The lowest BCUT2D eigenvalue weighted by atomic mass is 9.92. The molecule has 2 N–H and O–H groups in total. The van der Waals surface area contributed by atoms with Gasteiger partial charge in [0.25, 0.3) is 0 Å². The number of halogens is 1. The number of hydrogen-bond donors (Lipinski definition) is 2. The molecule has 3 heterocycles. The quantitative estimate of drug-likeness (QED) is 0.108. The molecule has 218 valence electrons. The molecule has 7 heteroatoms. The molecule has 0 radical (unpaired) electrons. The van der Waals surface area contributed by atoms with Crippen LogP contribution in [-0.2, 0) is 0 Å². The largest absolute Gasteiger partial charge is 0.351 e. The first-order valence-electron chi connectivity index (χ1n) is 15.2. The number of anilines is 2. The van der Waals surface area contributed by atoms with Gasteiger partial charge in [-0.05, 0) is 73.8 Å². The minimum Gasteiger partial charge on any atom is -0.351 e. The zero-order valence-corrected chi connectivity index (χ0v) is 25.7. The summed E-state index contributed by atoms with van der Waals surface area (Å²) in [7, 11) is 0. The Kier molecular flexibility index (Phi) is 11.3. The molecular formula is C34H44ClN5O. The number of unbranched alkanes of at least 4 members (excludes halogenated alkanes) is 1. The summed E-state index contributed by atoms with van der Waals surface area (Å²) in [5.74, 6) is 2.36. The predicted molar refractivity (Wildman–Crippen MR) is 173 cm³/mol. The van der Waals surface area contributed by atoms with E-state index in [0.717, 1.165) is 59.6 Å². The van der Waals surface area contributed by atoms with Crippen LogP contribution in [0.3, 0.4) is 0 Å². The highest BCUT2D eigenvalue weighted by Gasteiger charge is 2.15. The molecule has 2 aromatic heterocycles. The molecule has 1 atom stereocenters. The fourth-order valence-electron chi connectivity index (χ4n) is 5.65. The Balaban J connectivity index is 1.38. The number of carbonyl (C=O) groups excluding carboxylic acids is 1. The van der Waals surface area contributed by atoms with Gasteiger partial charge < -0.3 is 10.3 Å². The average Bonchev–Trinajstić information content (AvgIpc) is 3.38. The number of ketones is 1. The summed E-state index contributed by atoms with van der Waals surface area (Å²) < 4.78 is 0. The van der Waals surface area contributed by atoms with Crippen molar-refractivity contribution in [1.82, 2.24) is 15.0 Å². The van der Waals surface area contributed by atoms with E-state index in [-0.39, 0.29) is 5.78 Å². The molecule has 0 amide bonds. The number of aromatic amines is 1. The minimum absolute atomic E-state index is 0.0431. The van der Waals surface area contributed by atoms with E-state index in [1.54, 1.807) is 12.3 Å². The first kappa shape index (κ1) is 30.7. The lowest BCUT2D eigenvalue weighted by Crippen LogP contribution is -2.09. The van der Waals surface area contributed by atoms with Crippen LogP contribution in [0.5, 0.6) is 0 Å². The van der Waals surface area contributed by atoms with Gasteiger partial charge in [0.05, 0.1) is 27.6 Å². The van der Waals surface area contributed by atoms with Crippen LogP contribution in [0.15, 0.2) is 53.7 Å². The van der Waals surface area contributed by atoms with Crippen molar-refractivity contribution < 1.29 is 4.79 Å². The molecule has 4 rings (SSSR count). The molecule has 1 unspecified atom stereocenters. The van der Waals surface area contributed by atoms with Gasteiger partial charge in [-0.2, -0.15) is 0 Å². The highest BCUT2D eigenvalue weighted by molar-refractivity contribution is 6.35. The van der Waals surface area contributed by atoms with Crippen molar-refractivity contribution in [1.29, 1.82) is 0 Å². The standard InChI is InChI=1S/C34H44ClN5O/c1-5-10-24(11-6-2)12-8-7-9-13-32(41)31-20-26-19-27(21-28(35)33(26)39-31)38-34-36-17-16-30(40-34)29-15-14-25(22-37-29)18-23(3)4/h9,13,15-17,19-25,39H,5-8,10-12,14,18H2,1-4H3,(H,36,38,40)/b13-9+. The molecule has 1 aliphatic rings. The van der Waals surface area contributed by atoms with E-state index in [1.165, 1.54) is 32.1 Å². The van der Waals surface area contributed by atoms with Crippen molar-refractivity contribution in [3.63, 3.8) is 0 Å². The number of hydrogen-bond acceptors (Lipinski definition) is 5. The molecule has 3 aromatic rings. The number of allylic oxidation sites excluding steroid dienone is 3. The number of nitrogens with one attached hydrogen (secondary N) is 2. The number of benzene rings is 1. The van der Waals surface area contributed by atoms with E-state index < -0.39 is 0 Å². The zero-order chi connectivity index (χ0) is 29.2. The number of aromatic nitrogens is 3. The molecule has 1 aliphatic heterocycles. The molecule has 0 fully saturated rings. The maximum absolute atomic E-state index is 12.9. The topological polar surface area (TPSA) is 83.0 Å². The summed E-state index contributed by atoms with van der Waals surface area (Å²) in [4.78, 5) is 29.8. The van der Waals surface area contributed by atoms with E-state index in [0.29, 0.717) is 28.5 Å². The third-order valence-electron chi connectivity index (χ3n) is 7.58. The predicted octanol–water partition coefficient (Wildman–Crippen LogP) is 9.96. The summed E-state index contributed by atoms with van der Waals surface area (Å²) in [5.41, 5.74) is 3.67. The second-order valence-corrected chi connectivity index (χ2v) is 12.0. The van der Waals surface area contributed by atoms with Crippen LogP contribution in [0.1, 0.15) is 102 Å². The molecule has 41 heavy (non-hydrogen) atoms. The van der Waals surface area contributed by atoms with Crippen molar-refractivity contribution in [2.75, 3.05) is 5.32 Å². The molecule has 1 aromatic carbocycles. The zero-order valence-electron chi connectivity index (χ0n) is 24.9. The van der Waals surface area contributed by atoms with Gasteiger partial charge in [-0.1, -0.05) is 83.6 Å². The van der Waals surface area contributed by atoms with E-state index in [1.807, 2.05) is 30.3 Å². The Morgan fingerprint density at radius 2 is 1.98 bits per heavy atom. The third kappa shape index (κ3) is 8.87. The monoisotopic (exact) mass is 573 g/mol. The Morgan fingerprint density at radius 3 is 2.68 bits per heavy atom. The fourth-order valence-corrected chi connectivity index (χ4v) is 5.92.